The fourth-order valence-electron chi connectivity index (χ4n) is 3.50. The molecule has 3 aromatic carbocycles. The molecule has 0 spiro atoms. The van der Waals surface area contributed by atoms with Crippen LogP contribution in [0.15, 0.2) is 60.4 Å². The van der Waals surface area contributed by atoms with Crippen molar-refractivity contribution in [3.05, 3.63) is 82.1 Å². The normalized spacial score (nSPS) is 13.3. The summed E-state index contributed by atoms with van der Waals surface area (Å²) in [5, 5.41) is 0.549. The molecule has 0 unspecified atom stereocenters. The number of methoxy groups -OCH3 is 3. The maximum absolute atomic E-state index is 12.9. The Hall–Kier alpha value is -3.97. The molecule has 0 saturated carbocycles. The number of Topliss-reactive ketones (excluding diaryl/α,β-unsaturated/α-hetero) is 2. The van der Waals surface area contributed by atoms with Crippen molar-refractivity contribution >= 4 is 29.2 Å². The second kappa shape index (κ2) is 9.89. The molecule has 0 fully saturated rings. The van der Waals surface area contributed by atoms with E-state index in [1.165, 1.54) is 21.3 Å². The van der Waals surface area contributed by atoms with Crippen LogP contribution in [0.25, 0.3) is 6.08 Å². The molecule has 3 aromatic rings. The molecular formula is C26H21ClO7. The fourth-order valence-corrected chi connectivity index (χ4v) is 3.63. The number of benzene rings is 3. The molecule has 0 aliphatic carbocycles. The molecule has 1 heterocycles. The topological polar surface area (TPSA) is 80.3 Å². The number of carbonyl (C=O) groups excluding carboxylic acids is 2. The van der Waals surface area contributed by atoms with Crippen molar-refractivity contribution in [2.75, 3.05) is 27.9 Å². The summed E-state index contributed by atoms with van der Waals surface area (Å²) in [6.45, 7) is -0.167. The molecule has 174 valence electrons. The number of fused-ring (bicyclic) bond motifs is 1. The van der Waals surface area contributed by atoms with Crippen LogP contribution >= 0.6 is 11.6 Å². The van der Waals surface area contributed by atoms with Crippen LogP contribution < -0.4 is 23.7 Å². The van der Waals surface area contributed by atoms with Crippen LogP contribution in [0.1, 0.15) is 26.3 Å². The lowest BCUT2D eigenvalue weighted by molar-refractivity contribution is 0.0921. The molecule has 0 radical (unpaired) electrons. The van der Waals surface area contributed by atoms with Gasteiger partial charge in [0.15, 0.2) is 29.6 Å². The van der Waals surface area contributed by atoms with E-state index in [1.807, 2.05) is 0 Å². The summed E-state index contributed by atoms with van der Waals surface area (Å²) in [5.41, 5.74) is 1.47. The molecule has 0 atom stereocenters. The van der Waals surface area contributed by atoms with Crippen molar-refractivity contribution < 1.29 is 33.3 Å². The number of ether oxygens (including phenoxy) is 5. The van der Waals surface area contributed by atoms with Crippen LogP contribution in [-0.2, 0) is 0 Å². The first-order valence-electron chi connectivity index (χ1n) is 10.2. The summed E-state index contributed by atoms with van der Waals surface area (Å²) in [6.07, 6.45) is 1.58. The van der Waals surface area contributed by atoms with Crippen molar-refractivity contribution in [1.29, 1.82) is 0 Å². The molecular weight excluding hydrogens is 460 g/mol. The minimum absolute atomic E-state index is 0.120. The molecule has 7 nitrogen and oxygen atoms in total. The van der Waals surface area contributed by atoms with Gasteiger partial charge in [-0.25, -0.2) is 0 Å². The lowest BCUT2D eigenvalue weighted by atomic mass is 10.1. The lowest BCUT2D eigenvalue weighted by Gasteiger charge is -2.14. The third-order valence-electron chi connectivity index (χ3n) is 5.20. The molecule has 0 bridgehead atoms. The Bertz CT molecular complexity index is 1280. The van der Waals surface area contributed by atoms with Crippen LogP contribution in [0.2, 0.25) is 5.02 Å². The molecule has 1 aliphatic heterocycles. The van der Waals surface area contributed by atoms with E-state index in [0.717, 1.165) is 0 Å². The van der Waals surface area contributed by atoms with E-state index in [1.54, 1.807) is 60.7 Å². The standard InChI is InChI=1S/C26H21ClO7/c1-30-21-11-6-16(25(31-2)26(21)32-3)12-23-24(29)19-10-9-18(13-22(19)34-23)33-14-20(28)15-4-7-17(27)8-5-15/h4-13H,14H2,1-3H3/b23-12-. The van der Waals surface area contributed by atoms with Gasteiger partial charge >= 0.3 is 0 Å². The van der Waals surface area contributed by atoms with E-state index >= 15 is 0 Å². The zero-order valence-electron chi connectivity index (χ0n) is 18.7. The molecule has 0 aromatic heterocycles. The van der Waals surface area contributed by atoms with Gasteiger partial charge in [-0.3, -0.25) is 9.59 Å². The predicted octanol–water partition coefficient (Wildman–Crippen LogP) is 5.24. The van der Waals surface area contributed by atoms with Gasteiger partial charge in [0.05, 0.1) is 26.9 Å². The Balaban J connectivity index is 1.53. The Morgan fingerprint density at radius 3 is 2.35 bits per heavy atom. The van der Waals surface area contributed by atoms with Gasteiger partial charge in [-0.2, -0.15) is 0 Å². The monoisotopic (exact) mass is 480 g/mol. The average Bonchev–Trinajstić information content (AvgIpc) is 3.16. The Morgan fingerprint density at radius 1 is 0.941 bits per heavy atom. The number of allylic oxidation sites excluding steroid dienone is 1. The number of hydrogen-bond donors (Lipinski definition) is 0. The number of carbonyl (C=O) groups is 2. The van der Waals surface area contributed by atoms with Gasteiger partial charge in [-0.15, -0.1) is 0 Å². The fraction of sp³-hybridized carbons (Fsp3) is 0.154. The molecule has 1 aliphatic rings. The number of ketones is 2. The Kier molecular flexibility index (Phi) is 6.75. The van der Waals surface area contributed by atoms with Crippen molar-refractivity contribution in [3.8, 4) is 28.7 Å². The highest BCUT2D eigenvalue weighted by atomic mass is 35.5. The van der Waals surface area contributed by atoms with Crippen molar-refractivity contribution in [2.45, 2.75) is 0 Å². The first-order chi connectivity index (χ1) is 16.4. The van der Waals surface area contributed by atoms with Gasteiger partial charge in [-0.1, -0.05) is 11.6 Å². The van der Waals surface area contributed by atoms with Crippen LogP contribution in [0.3, 0.4) is 0 Å². The van der Waals surface area contributed by atoms with Crippen LogP contribution in [0, 0.1) is 0 Å². The highest BCUT2D eigenvalue weighted by Crippen LogP contribution is 2.42. The summed E-state index contributed by atoms with van der Waals surface area (Å²) in [5.74, 6) is 1.69. The van der Waals surface area contributed by atoms with E-state index in [2.05, 4.69) is 0 Å². The van der Waals surface area contributed by atoms with Crippen LogP contribution in [0.5, 0.6) is 28.7 Å². The SMILES string of the molecule is COc1ccc(/C=C2\Oc3cc(OCC(=O)c4ccc(Cl)cc4)ccc3C2=O)c(OC)c1OC. The lowest BCUT2D eigenvalue weighted by Crippen LogP contribution is -2.11. The molecule has 0 N–H and O–H groups in total. The van der Waals surface area contributed by atoms with Gasteiger partial charge in [-0.05, 0) is 54.6 Å². The van der Waals surface area contributed by atoms with Crippen molar-refractivity contribution in [1.82, 2.24) is 0 Å². The zero-order valence-corrected chi connectivity index (χ0v) is 19.5. The first-order valence-corrected chi connectivity index (χ1v) is 10.6. The number of halogens is 1. The highest BCUT2D eigenvalue weighted by Gasteiger charge is 2.29. The van der Waals surface area contributed by atoms with Gasteiger partial charge in [0.25, 0.3) is 0 Å². The molecule has 4 rings (SSSR count). The Morgan fingerprint density at radius 2 is 1.68 bits per heavy atom. The van der Waals surface area contributed by atoms with Gasteiger partial charge in [0.1, 0.15) is 11.5 Å². The summed E-state index contributed by atoms with van der Waals surface area (Å²) >= 11 is 5.86. The van der Waals surface area contributed by atoms with E-state index < -0.39 is 0 Å². The van der Waals surface area contributed by atoms with Gasteiger partial charge in [0, 0.05) is 22.2 Å². The van der Waals surface area contributed by atoms with Gasteiger partial charge < -0.3 is 23.7 Å². The predicted molar refractivity (Wildman–Crippen MR) is 127 cm³/mol. The smallest absolute Gasteiger partial charge is 0.231 e. The van der Waals surface area contributed by atoms with E-state index in [0.29, 0.717) is 50.5 Å². The summed E-state index contributed by atoms with van der Waals surface area (Å²) in [4.78, 5) is 25.2. The third-order valence-corrected chi connectivity index (χ3v) is 5.45. The number of rotatable bonds is 8. The maximum atomic E-state index is 12.9. The second-order valence-corrected chi connectivity index (χ2v) is 7.68. The number of hydrogen-bond acceptors (Lipinski definition) is 7. The summed E-state index contributed by atoms with van der Waals surface area (Å²) in [7, 11) is 4.53. The van der Waals surface area contributed by atoms with E-state index in [9.17, 15) is 9.59 Å². The minimum Gasteiger partial charge on any atom is -0.493 e. The quantitative estimate of drug-likeness (QED) is 0.322. The third kappa shape index (κ3) is 4.56. The van der Waals surface area contributed by atoms with Crippen LogP contribution in [0.4, 0.5) is 0 Å². The minimum atomic E-state index is -0.282. The molecule has 0 saturated heterocycles. The summed E-state index contributed by atoms with van der Waals surface area (Å²) < 4.78 is 27.6. The summed E-state index contributed by atoms with van der Waals surface area (Å²) in [6, 6.07) is 14.8. The average molecular weight is 481 g/mol. The largest absolute Gasteiger partial charge is 0.493 e. The highest BCUT2D eigenvalue weighted by molar-refractivity contribution is 6.30. The Labute approximate surface area is 201 Å². The molecule has 0 amide bonds. The van der Waals surface area contributed by atoms with E-state index in [-0.39, 0.29) is 23.9 Å². The van der Waals surface area contributed by atoms with E-state index in [4.69, 9.17) is 35.3 Å². The second-order valence-electron chi connectivity index (χ2n) is 7.24. The molecule has 34 heavy (non-hydrogen) atoms. The zero-order chi connectivity index (χ0) is 24.2. The van der Waals surface area contributed by atoms with Crippen LogP contribution in [-0.4, -0.2) is 39.5 Å². The van der Waals surface area contributed by atoms with Crippen molar-refractivity contribution in [3.63, 3.8) is 0 Å². The maximum Gasteiger partial charge on any atom is 0.231 e. The molecule has 8 heteroatoms. The van der Waals surface area contributed by atoms with Crippen molar-refractivity contribution in [2.24, 2.45) is 0 Å². The first kappa shape index (κ1) is 23.2. The van der Waals surface area contributed by atoms with Gasteiger partial charge in [0.2, 0.25) is 11.5 Å².